The number of carbonyl (C=O) groups is 1. The zero-order chi connectivity index (χ0) is 23.7. The molecule has 170 valence electrons. The van der Waals surface area contributed by atoms with Crippen LogP contribution in [0, 0.1) is 33.6 Å². The van der Waals surface area contributed by atoms with Gasteiger partial charge in [-0.2, -0.15) is 0 Å². The molecule has 5 heteroatoms. The van der Waals surface area contributed by atoms with Crippen LogP contribution in [0.2, 0.25) is 0 Å². The molecule has 2 aromatic carbocycles. The van der Waals surface area contributed by atoms with Crippen LogP contribution in [0.3, 0.4) is 0 Å². The standard InChI is InChI=1S/C26H37NO4/c1-15(2)26(29,20-13-11-16(3)12-14-20)21-19(6)22(17(4)18(5)23(21)30-10)27-24(28)31-25(7,8)9/h11-15,29H,1-10H3,(H,27,28). The summed E-state index contributed by atoms with van der Waals surface area (Å²) in [6, 6.07) is 7.88. The Kier molecular flexibility index (Phi) is 7.11. The third-order valence-electron chi connectivity index (χ3n) is 5.79. The van der Waals surface area contributed by atoms with E-state index in [1.165, 1.54) is 0 Å². The van der Waals surface area contributed by atoms with Crippen molar-refractivity contribution in [2.24, 2.45) is 5.92 Å². The molecule has 0 aliphatic heterocycles. The first kappa shape index (κ1) is 24.7. The average molecular weight is 428 g/mol. The van der Waals surface area contributed by atoms with Gasteiger partial charge in [-0.1, -0.05) is 43.7 Å². The quantitative estimate of drug-likeness (QED) is 0.599. The monoisotopic (exact) mass is 427 g/mol. The SMILES string of the molecule is COc1c(C)c(C)c(NC(=O)OC(C)(C)C)c(C)c1C(O)(c1ccc(C)cc1)C(C)C. The van der Waals surface area contributed by atoms with Crippen molar-refractivity contribution in [3.63, 3.8) is 0 Å². The molecule has 0 saturated carbocycles. The average Bonchev–Trinajstić information content (AvgIpc) is 2.66. The van der Waals surface area contributed by atoms with Crippen LogP contribution >= 0.6 is 0 Å². The molecule has 2 N–H and O–H groups in total. The zero-order valence-electron chi connectivity index (χ0n) is 20.6. The molecule has 2 rings (SSSR count). The van der Waals surface area contributed by atoms with Crippen molar-refractivity contribution in [1.82, 2.24) is 0 Å². The Labute approximate surface area is 186 Å². The van der Waals surface area contributed by atoms with E-state index in [1.54, 1.807) is 7.11 Å². The van der Waals surface area contributed by atoms with Gasteiger partial charge < -0.3 is 14.6 Å². The molecule has 0 heterocycles. The van der Waals surface area contributed by atoms with Crippen molar-refractivity contribution < 1.29 is 19.4 Å². The van der Waals surface area contributed by atoms with E-state index in [0.717, 1.165) is 27.8 Å². The van der Waals surface area contributed by atoms with Gasteiger partial charge in [-0.15, -0.1) is 0 Å². The van der Waals surface area contributed by atoms with Gasteiger partial charge >= 0.3 is 6.09 Å². The molecule has 1 amide bonds. The summed E-state index contributed by atoms with van der Waals surface area (Å²) in [6.07, 6.45) is -0.530. The van der Waals surface area contributed by atoms with Crippen LogP contribution in [0.1, 0.15) is 68.0 Å². The molecular weight excluding hydrogens is 390 g/mol. The lowest BCUT2D eigenvalue weighted by Gasteiger charge is -2.37. The molecule has 0 radical (unpaired) electrons. The maximum Gasteiger partial charge on any atom is 0.412 e. The van der Waals surface area contributed by atoms with E-state index in [9.17, 15) is 9.90 Å². The number of amides is 1. The fourth-order valence-electron chi connectivity index (χ4n) is 4.00. The number of rotatable bonds is 5. The smallest absolute Gasteiger partial charge is 0.412 e. The van der Waals surface area contributed by atoms with Gasteiger partial charge in [0.05, 0.1) is 12.8 Å². The topological polar surface area (TPSA) is 67.8 Å². The molecule has 31 heavy (non-hydrogen) atoms. The lowest BCUT2D eigenvalue weighted by Crippen LogP contribution is -2.36. The first-order valence-electron chi connectivity index (χ1n) is 10.7. The van der Waals surface area contributed by atoms with Crippen LogP contribution in [-0.4, -0.2) is 23.9 Å². The fourth-order valence-corrected chi connectivity index (χ4v) is 4.00. The maximum absolute atomic E-state index is 12.6. The number of ether oxygens (including phenoxy) is 2. The molecule has 1 atom stereocenters. The van der Waals surface area contributed by atoms with Crippen molar-refractivity contribution >= 4 is 11.8 Å². The summed E-state index contributed by atoms with van der Waals surface area (Å²) in [6.45, 7) is 17.2. The number of methoxy groups -OCH3 is 1. The van der Waals surface area contributed by atoms with Crippen molar-refractivity contribution in [3.05, 3.63) is 57.6 Å². The molecular formula is C26H37NO4. The van der Waals surface area contributed by atoms with E-state index in [4.69, 9.17) is 9.47 Å². The van der Waals surface area contributed by atoms with Gasteiger partial charge in [0, 0.05) is 5.56 Å². The number of benzene rings is 2. The Morgan fingerprint density at radius 1 is 0.968 bits per heavy atom. The molecule has 5 nitrogen and oxygen atoms in total. The lowest BCUT2D eigenvalue weighted by molar-refractivity contribution is 0.0287. The Morgan fingerprint density at radius 2 is 1.52 bits per heavy atom. The van der Waals surface area contributed by atoms with Gasteiger partial charge in [0.25, 0.3) is 0 Å². The van der Waals surface area contributed by atoms with Crippen LogP contribution in [0.4, 0.5) is 10.5 Å². The molecule has 0 spiro atoms. The number of aryl methyl sites for hydroxylation is 1. The summed E-state index contributed by atoms with van der Waals surface area (Å²) in [7, 11) is 1.61. The molecule has 0 aliphatic rings. The van der Waals surface area contributed by atoms with E-state index in [2.05, 4.69) is 5.32 Å². The summed E-state index contributed by atoms with van der Waals surface area (Å²) < 4.78 is 11.3. The number of hydrogen-bond donors (Lipinski definition) is 2. The lowest BCUT2D eigenvalue weighted by atomic mass is 9.74. The Morgan fingerprint density at radius 3 is 1.97 bits per heavy atom. The Balaban J connectivity index is 2.79. The molecule has 0 aromatic heterocycles. The highest BCUT2D eigenvalue weighted by Crippen LogP contribution is 2.47. The predicted molar refractivity (Wildman–Crippen MR) is 126 cm³/mol. The van der Waals surface area contributed by atoms with Crippen LogP contribution < -0.4 is 10.1 Å². The third-order valence-corrected chi connectivity index (χ3v) is 5.79. The molecule has 2 aromatic rings. The van der Waals surface area contributed by atoms with Crippen LogP contribution in [0.5, 0.6) is 5.75 Å². The largest absolute Gasteiger partial charge is 0.496 e. The summed E-state index contributed by atoms with van der Waals surface area (Å²) >= 11 is 0. The van der Waals surface area contributed by atoms with Crippen molar-refractivity contribution in [3.8, 4) is 5.75 Å². The maximum atomic E-state index is 12.6. The van der Waals surface area contributed by atoms with Crippen LogP contribution in [0.25, 0.3) is 0 Å². The fraction of sp³-hybridized carbons (Fsp3) is 0.500. The van der Waals surface area contributed by atoms with E-state index in [1.807, 2.05) is 86.6 Å². The summed E-state index contributed by atoms with van der Waals surface area (Å²) in [5.74, 6) is 0.473. The highest BCUT2D eigenvalue weighted by molar-refractivity contribution is 5.88. The van der Waals surface area contributed by atoms with Gasteiger partial charge in [-0.05, 0) is 76.6 Å². The highest BCUT2D eigenvalue weighted by Gasteiger charge is 2.41. The molecule has 0 fully saturated rings. The number of carbonyl (C=O) groups excluding carboxylic acids is 1. The van der Waals surface area contributed by atoms with Gasteiger partial charge in [0.15, 0.2) is 0 Å². The molecule has 0 bridgehead atoms. The second-order valence-corrected chi connectivity index (χ2v) is 9.57. The van der Waals surface area contributed by atoms with Crippen LogP contribution in [-0.2, 0) is 10.3 Å². The van der Waals surface area contributed by atoms with E-state index in [-0.39, 0.29) is 5.92 Å². The third kappa shape index (κ3) is 4.87. The minimum absolute atomic E-state index is 0.153. The second-order valence-electron chi connectivity index (χ2n) is 9.57. The number of hydrogen-bond acceptors (Lipinski definition) is 4. The van der Waals surface area contributed by atoms with Crippen LogP contribution in [0.15, 0.2) is 24.3 Å². The van der Waals surface area contributed by atoms with Gasteiger partial charge in [0.2, 0.25) is 0 Å². The minimum Gasteiger partial charge on any atom is -0.496 e. The zero-order valence-corrected chi connectivity index (χ0v) is 20.6. The second kappa shape index (κ2) is 8.91. The predicted octanol–water partition coefficient (Wildman–Crippen LogP) is 6.17. The molecule has 0 saturated heterocycles. The summed E-state index contributed by atoms with van der Waals surface area (Å²) in [5.41, 5.74) is 3.74. The van der Waals surface area contributed by atoms with Gasteiger partial charge in [0.1, 0.15) is 17.0 Å². The highest BCUT2D eigenvalue weighted by atomic mass is 16.6. The normalized spacial score (nSPS) is 13.7. The first-order valence-corrected chi connectivity index (χ1v) is 10.7. The molecule has 0 aliphatic carbocycles. The molecule has 1 unspecified atom stereocenters. The Bertz CT molecular complexity index is 955. The van der Waals surface area contributed by atoms with Gasteiger partial charge in [-0.3, -0.25) is 5.32 Å². The minimum atomic E-state index is -1.31. The number of aliphatic hydroxyl groups is 1. The van der Waals surface area contributed by atoms with E-state index < -0.39 is 17.3 Å². The first-order chi connectivity index (χ1) is 14.2. The van der Waals surface area contributed by atoms with E-state index >= 15 is 0 Å². The summed E-state index contributed by atoms with van der Waals surface area (Å²) in [4.78, 5) is 12.6. The van der Waals surface area contributed by atoms with E-state index in [0.29, 0.717) is 17.0 Å². The van der Waals surface area contributed by atoms with Crippen molar-refractivity contribution in [2.45, 2.75) is 73.5 Å². The number of nitrogens with one attached hydrogen (secondary N) is 1. The van der Waals surface area contributed by atoms with Crippen molar-refractivity contribution in [2.75, 3.05) is 12.4 Å². The Hall–Kier alpha value is -2.53. The summed E-state index contributed by atoms with van der Waals surface area (Å²) in [5, 5.41) is 15.1. The number of anilines is 1. The van der Waals surface area contributed by atoms with Crippen molar-refractivity contribution in [1.29, 1.82) is 0 Å². The van der Waals surface area contributed by atoms with Gasteiger partial charge in [-0.25, -0.2) is 4.79 Å².